The predicted molar refractivity (Wildman–Crippen MR) is 164 cm³/mol. The Labute approximate surface area is 255 Å². The molecule has 5 heteroatoms. The molecule has 41 heavy (non-hydrogen) atoms. The van der Waals surface area contributed by atoms with Gasteiger partial charge in [-0.25, -0.2) is 0 Å². The van der Waals surface area contributed by atoms with Crippen molar-refractivity contribution in [2.24, 2.45) is 0 Å². The summed E-state index contributed by atoms with van der Waals surface area (Å²) in [6.07, 6.45) is 3.06. The Kier molecular flexibility index (Phi) is 7.17. The molecule has 5 aromatic rings. The summed E-state index contributed by atoms with van der Waals surface area (Å²) in [6.45, 7) is 12.3. The van der Waals surface area contributed by atoms with E-state index in [1.54, 1.807) is 0 Å². The fourth-order valence-electron chi connectivity index (χ4n) is 6.55. The molecule has 1 aromatic heterocycles. The molecule has 0 fully saturated rings. The van der Waals surface area contributed by atoms with E-state index in [1.807, 2.05) is 12.3 Å². The van der Waals surface area contributed by atoms with E-state index in [9.17, 15) is 4.79 Å². The van der Waals surface area contributed by atoms with Crippen molar-refractivity contribution in [3.05, 3.63) is 119 Å². The summed E-state index contributed by atoms with van der Waals surface area (Å²) in [7, 11) is 0. The average Bonchev–Trinajstić information content (AvgIpc) is 2.91. The number of aliphatic hydroxyl groups excluding tert-OH is 1. The summed E-state index contributed by atoms with van der Waals surface area (Å²) in [5.41, 5.74) is 9.85. The first-order valence-corrected chi connectivity index (χ1v) is 13.7. The van der Waals surface area contributed by atoms with Gasteiger partial charge in [-0.05, 0) is 59.8 Å². The Morgan fingerprint density at radius 3 is 2.05 bits per heavy atom. The topological polar surface area (TPSA) is 53.4 Å². The summed E-state index contributed by atoms with van der Waals surface area (Å²) in [4.78, 5) is 17.3. The molecule has 1 radical (unpaired) electrons. The fraction of sp³-hybridized carbons (Fsp3) is 0.222. The van der Waals surface area contributed by atoms with Gasteiger partial charge >= 0.3 is 0 Å². The minimum Gasteiger partial charge on any atom is -0.512 e. The van der Waals surface area contributed by atoms with Crippen molar-refractivity contribution in [3.63, 3.8) is 0 Å². The number of pyridine rings is 1. The third kappa shape index (κ3) is 4.39. The van der Waals surface area contributed by atoms with Crippen molar-refractivity contribution >= 4 is 44.5 Å². The van der Waals surface area contributed by atoms with E-state index in [0.29, 0.717) is 0 Å². The van der Waals surface area contributed by atoms with E-state index in [2.05, 4.69) is 105 Å². The van der Waals surface area contributed by atoms with Gasteiger partial charge in [0.2, 0.25) is 0 Å². The standard InChI is InChI=1S/C31H25N2.C5H8O2.Ir/c1-30(2)22-11-5-7-13-25(22)33-26-14-8-6-12-23(26)31(3,4)27-20-16-15-19-10-9-17-32-28(19)21(20)18-24(30)29(27)33;1-4(6)3-5(2)7;/h5-17H,1-4H3;3,6H,1-2H3;/q-1;;/b;4-3-;. The van der Waals surface area contributed by atoms with Crippen molar-refractivity contribution in [1.82, 2.24) is 4.98 Å². The van der Waals surface area contributed by atoms with Gasteiger partial charge in [0, 0.05) is 54.6 Å². The maximum atomic E-state index is 10.0. The second kappa shape index (κ2) is 10.2. The molecule has 0 aliphatic carbocycles. The summed E-state index contributed by atoms with van der Waals surface area (Å²) < 4.78 is 0. The molecule has 1 N–H and O–H groups in total. The number of allylic oxidation sites excluding steroid dienone is 2. The van der Waals surface area contributed by atoms with Crippen LogP contribution in [0.2, 0.25) is 0 Å². The maximum absolute atomic E-state index is 10.0. The molecule has 0 unspecified atom stereocenters. The van der Waals surface area contributed by atoms with E-state index in [-0.39, 0.29) is 42.5 Å². The molecule has 0 bridgehead atoms. The molecule has 2 aliphatic heterocycles. The number of nitrogens with zero attached hydrogens (tertiary/aromatic N) is 2. The first kappa shape index (κ1) is 28.7. The normalized spacial score (nSPS) is 15.6. The zero-order valence-electron chi connectivity index (χ0n) is 24.2. The Morgan fingerprint density at radius 1 is 0.854 bits per heavy atom. The van der Waals surface area contributed by atoms with Crippen molar-refractivity contribution in [2.75, 3.05) is 4.90 Å². The summed E-state index contributed by atoms with van der Waals surface area (Å²) in [5, 5.41) is 11.9. The van der Waals surface area contributed by atoms with E-state index in [4.69, 9.17) is 10.1 Å². The summed E-state index contributed by atoms with van der Waals surface area (Å²) in [6, 6.07) is 30.3. The van der Waals surface area contributed by atoms with Crippen molar-refractivity contribution < 1.29 is 30.0 Å². The van der Waals surface area contributed by atoms with Gasteiger partial charge in [-0.1, -0.05) is 93.4 Å². The number of carbonyl (C=O) groups excluding carboxylic acids is 1. The van der Waals surface area contributed by atoms with Gasteiger partial charge in [-0.2, -0.15) is 0 Å². The largest absolute Gasteiger partial charge is 0.512 e. The first-order chi connectivity index (χ1) is 19.0. The predicted octanol–water partition coefficient (Wildman–Crippen LogP) is 8.97. The molecular formula is C36H33IrN2O2-. The van der Waals surface area contributed by atoms with Gasteiger partial charge in [0.25, 0.3) is 0 Å². The van der Waals surface area contributed by atoms with Crippen LogP contribution in [0.1, 0.15) is 63.8 Å². The van der Waals surface area contributed by atoms with Crippen molar-refractivity contribution in [2.45, 2.75) is 52.4 Å². The van der Waals surface area contributed by atoms with Crippen LogP contribution < -0.4 is 4.90 Å². The number of hydrogen-bond donors (Lipinski definition) is 1. The second-order valence-corrected chi connectivity index (χ2v) is 11.8. The van der Waals surface area contributed by atoms with Gasteiger partial charge in [0.15, 0.2) is 5.78 Å². The molecule has 4 nitrogen and oxygen atoms in total. The Morgan fingerprint density at radius 2 is 1.46 bits per heavy atom. The third-order valence-corrected chi connectivity index (χ3v) is 8.29. The Bertz CT molecular complexity index is 1850. The number of carbonyl (C=O) groups is 1. The van der Waals surface area contributed by atoms with E-state index in [0.717, 1.165) is 16.3 Å². The van der Waals surface area contributed by atoms with Crippen LogP contribution in [0.3, 0.4) is 0 Å². The van der Waals surface area contributed by atoms with E-state index >= 15 is 0 Å². The summed E-state index contributed by atoms with van der Waals surface area (Å²) >= 11 is 0. The van der Waals surface area contributed by atoms with Crippen LogP contribution in [0.4, 0.5) is 17.1 Å². The second-order valence-electron chi connectivity index (χ2n) is 11.8. The molecule has 4 aromatic carbocycles. The third-order valence-electron chi connectivity index (χ3n) is 8.29. The number of anilines is 3. The molecule has 0 saturated heterocycles. The molecule has 0 amide bonds. The number of rotatable bonds is 1. The Balaban J connectivity index is 0.000000379. The number of aromatic nitrogens is 1. The van der Waals surface area contributed by atoms with Gasteiger partial charge < -0.3 is 15.0 Å². The molecule has 3 heterocycles. The van der Waals surface area contributed by atoms with Gasteiger partial charge in [0.1, 0.15) is 0 Å². The zero-order valence-corrected chi connectivity index (χ0v) is 26.6. The molecule has 0 atom stereocenters. The zero-order chi connectivity index (χ0) is 28.4. The first-order valence-electron chi connectivity index (χ1n) is 13.7. The minimum absolute atomic E-state index is 0. The molecule has 2 aliphatic rings. The van der Waals surface area contributed by atoms with Crippen molar-refractivity contribution in [1.29, 1.82) is 0 Å². The number of para-hydroxylation sites is 2. The van der Waals surface area contributed by atoms with Crippen LogP contribution in [0.15, 0.2) is 90.8 Å². The van der Waals surface area contributed by atoms with Crippen LogP contribution in [0.25, 0.3) is 21.7 Å². The van der Waals surface area contributed by atoms with Crippen LogP contribution in [0, 0.1) is 6.07 Å². The number of benzene rings is 4. The van der Waals surface area contributed by atoms with Crippen molar-refractivity contribution in [3.8, 4) is 0 Å². The molecule has 0 spiro atoms. The molecular weight excluding hydrogens is 685 g/mol. The number of hydrogen-bond acceptors (Lipinski definition) is 4. The number of ketones is 1. The van der Waals surface area contributed by atoms with E-state index in [1.165, 1.54) is 64.6 Å². The molecule has 209 valence electrons. The van der Waals surface area contributed by atoms with Crippen LogP contribution in [-0.2, 0) is 35.7 Å². The van der Waals surface area contributed by atoms with Crippen LogP contribution in [0.5, 0.6) is 0 Å². The fourth-order valence-corrected chi connectivity index (χ4v) is 6.55. The van der Waals surface area contributed by atoms with Gasteiger partial charge in [-0.3, -0.25) is 4.79 Å². The van der Waals surface area contributed by atoms with E-state index < -0.39 is 0 Å². The molecule has 0 saturated carbocycles. The van der Waals surface area contributed by atoms with Gasteiger partial charge in [0.05, 0.1) is 5.76 Å². The number of fused-ring (bicyclic) bond motifs is 8. The van der Waals surface area contributed by atoms with Crippen LogP contribution >= 0.6 is 0 Å². The average molecular weight is 718 g/mol. The molecule has 7 rings (SSSR count). The van der Waals surface area contributed by atoms with Crippen LogP contribution in [-0.4, -0.2) is 15.9 Å². The smallest absolute Gasteiger partial charge is 0.155 e. The summed E-state index contributed by atoms with van der Waals surface area (Å²) in [5.74, 6) is -0.0625. The monoisotopic (exact) mass is 718 g/mol. The minimum atomic E-state index is -0.176. The maximum Gasteiger partial charge on any atom is 0.155 e. The number of aliphatic hydroxyl groups is 1. The van der Waals surface area contributed by atoms with Gasteiger partial charge in [-0.15, -0.1) is 16.8 Å². The quantitative estimate of drug-likeness (QED) is 0.0815. The Hall–Kier alpha value is -3.79. The SMILES string of the molecule is CC(=O)/C=C(/C)O.CC1(C)c2[c-]c3c(ccc4cccnc43)c3c2N(c2ccccc21)c1ccccc1C3(C)C.[Ir].